The van der Waals surface area contributed by atoms with Crippen LogP contribution in [0.4, 0.5) is 5.69 Å². The number of nitrogen functional groups attached to an aromatic ring is 1. The quantitative estimate of drug-likeness (QED) is 0.0593. The van der Waals surface area contributed by atoms with Crippen molar-refractivity contribution in [3.63, 3.8) is 0 Å². The van der Waals surface area contributed by atoms with Gasteiger partial charge in [0.05, 0.1) is 21.5 Å². The highest BCUT2D eigenvalue weighted by Gasteiger charge is 2.26. The van der Waals surface area contributed by atoms with Crippen LogP contribution in [-0.4, -0.2) is 63.4 Å². The second-order valence-electron chi connectivity index (χ2n) is 16.7. The molecule has 0 heterocycles. The molecule has 0 bridgehead atoms. The molecule has 6 aromatic carbocycles. The zero-order valence-electron chi connectivity index (χ0n) is 37.9. The van der Waals surface area contributed by atoms with E-state index in [0.29, 0.717) is 17.0 Å². The van der Waals surface area contributed by atoms with Crippen LogP contribution in [0.2, 0.25) is 20.1 Å². The van der Waals surface area contributed by atoms with Crippen molar-refractivity contribution in [2.45, 2.75) is 68.3 Å². The van der Waals surface area contributed by atoms with E-state index in [-0.39, 0.29) is 32.4 Å². The summed E-state index contributed by atoms with van der Waals surface area (Å²) >= 11 is 22.9. The molecule has 0 fully saturated rings. The standard InChI is InChI=1S/C25H24Cl2O6S.C18H21NO3.C6H3Cl3O3S/c1-25(2,3)33-23(28)14-32-21-10-9-17(16-7-5-4-6-8-16)11-18(21)15-34(30,31)22-13-19(26)12-20(27)24(22)29;1-18(2,3)22-17(20)12-21-16-10-9-14(11-15(16)19)13-7-5-4-6-8-13;7-3-1-4(8)6(10)5(2-3)13(9,11)12/h4-13,29H,14-15H2,1-3H3;4-11H,12,19H2,1-3H3;1-2,10H. The van der Waals surface area contributed by atoms with Crippen molar-refractivity contribution in [3.8, 4) is 45.3 Å². The van der Waals surface area contributed by atoms with Crippen LogP contribution in [0.1, 0.15) is 47.1 Å². The number of phenols is 2. The smallest absolute Gasteiger partial charge is 0.344 e. The Morgan fingerprint density at radius 1 is 0.551 bits per heavy atom. The molecule has 13 nitrogen and oxygen atoms in total. The molecule has 0 aliphatic rings. The van der Waals surface area contributed by atoms with Crippen LogP contribution >= 0.6 is 57.1 Å². The molecule has 4 N–H and O–H groups in total. The van der Waals surface area contributed by atoms with Crippen molar-refractivity contribution in [2.75, 3.05) is 18.9 Å². The molecule has 0 unspecified atom stereocenters. The first kappa shape index (κ1) is 56.2. The summed E-state index contributed by atoms with van der Waals surface area (Å²) in [6.45, 7) is 10.1. The van der Waals surface area contributed by atoms with E-state index in [2.05, 4.69) is 0 Å². The van der Waals surface area contributed by atoms with E-state index in [4.69, 9.17) is 81.8 Å². The highest BCUT2D eigenvalue weighted by atomic mass is 35.7. The van der Waals surface area contributed by atoms with E-state index < -0.39 is 75.7 Å². The van der Waals surface area contributed by atoms with Crippen molar-refractivity contribution in [1.82, 2.24) is 0 Å². The topological polar surface area (TPSA) is 206 Å². The molecule has 0 amide bonds. The Bertz CT molecular complexity index is 3000. The third-order valence-corrected chi connectivity index (χ3v) is 12.8. The summed E-state index contributed by atoms with van der Waals surface area (Å²) in [6.07, 6.45) is 0. The number of aromatic hydroxyl groups is 2. The number of anilines is 1. The predicted molar refractivity (Wildman–Crippen MR) is 271 cm³/mol. The van der Waals surface area contributed by atoms with Crippen LogP contribution in [0.15, 0.2) is 131 Å². The first-order chi connectivity index (χ1) is 32.0. The summed E-state index contributed by atoms with van der Waals surface area (Å²) < 4.78 is 69.7. The molecule has 0 spiro atoms. The Morgan fingerprint density at radius 2 is 0.957 bits per heavy atom. The van der Waals surface area contributed by atoms with Gasteiger partial charge in [0.25, 0.3) is 9.05 Å². The van der Waals surface area contributed by atoms with Crippen LogP contribution < -0.4 is 15.2 Å². The number of carbonyl (C=O) groups is 2. The number of sulfone groups is 1. The Balaban J connectivity index is 0.000000252. The van der Waals surface area contributed by atoms with E-state index in [1.807, 2.05) is 93.6 Å². The van der Waals surface area contributed by atoms with Crippen molar-refractivity contribution >= 4 is 93.6 Å². The number of halogens is 5. The number of esters is 2. The van der Waals surface area contributed by atoms with Gasteiger partial charge in [-0.25, -0.2) is 26.4 Å². The molecule has 0 aliphatic carbocycles. The fraction of sp³-hybridized carbons (Fsp3) is 0.224. The lowest BCUT2D eigenvalue weighted by Crippen LogP contribution is -2.27. The van der Waals surface area contributed by atoms with Crippen LogP contribution in [0.3, 0.4) is 0 Å². The van der Waals surface area contributed by atoms with E-state index in [1.165, 1.54) is 12.1 Å². The van der Waals surface area contributed by atoms with Gasteiger partial charge in [-0.1, -0.05) is 119 Å². The average Bonchev–Trinajstić information content (AvgIpc) is 3.24. The van der Waals surface area contributed by atoms with Gasteiger partial charge in [-0.3, -0.25) is 0 Å². The molecule has 0 saturated heterocycles. The molecule has 0 aliphatic heterocycles. The second kappa shape index (κ2) is 24.0. The molecule has 0 atom stereocenters. The van der Waals surface area contributed by atoms with Gasteiger partial charge in [0.15, 0.2) is 34.6 Å². The Kier molecular flexibility index (Phi) is 19.5. The number of hydrogen-bond donors (Lipinski definition) is 3. The number of ether oxygens (including phenoxy) is 4. The van der Waals surface area contributed by atoms with Crippen LogP contribution in [0.25, 0.3) is 22.3 Å². The number of rotatable bonds is 12. The highest BCUT2D eigenvalue weighted by Crippen LogP contribution is 2.38. The summed E-state index contributed by atoms with van der Waals surface area (Å²) in [7, 11) is -3.12. The van der Waals surface area contributed by atoms with Gasteiger partial charge in [-0.2, -0.15) is 0 Å². The van der Waals surface area contributed by atoms with Crippen molar-refractivity contribution < 1.29 is 55.6 Å². The van der Waals surface area contributed by atoms with E-state index in [9.17, 15) is 36.6 Å². The van der Waals surface area contributed by atoms with Gasteiger partial charge >= 0.3 is 11.9 Å². The number of carbonyl (C=O) groups excluding carboxylic acids is 2. The minimum absolute atomic E-state index is 0.0702. The zero-order chi connectivity index (χ0) is 51.5. The largest absolute Gasteiger partial charge is 0.505 e. The number of hydrogen-bond acceptors (Lipinski definition) is 13. The van der Waals surface area contributed by atoms with E-state index >= 15 is 0 Å². The molecule has 0 aromatic heterocycles. The molecular formula is C49H48Cl5NO12S2. The number of phenolic OH excluding ortho intramolecular Hbond substituents is 2. The maximum atomic E-state index is 13.2. The fourth-order valence-corrected chi connectivity index (χ4v) is 9.63. The first-order valence-corrected chi connectivity index (χ1v) is 25.9. The highest BCUT2D eigenvalue weighted by molar-refractivity contribution is 8.13. The zero-order valence-corrected chi connectivity index (χ0v) is 43.3. The summed E-state index contributed by atoms with van der Waals surface area (Å²) in [6, 6.07) is 34.5. The van der Waals surface area contributed by atoms with E-state index in [0.717, 1.165) is 34.4 Å². The normalized spacial score (nSPS) is 11.5. The maximum absolute atomic E-state index is 13.2. The summed E-state index contributed by atoms with van der Waals surface area (Å²) in [5, 5.41) is 19.3. The van der Waals surface area contributed by atoms with Crippen LogP contribution in [0, 0.1) is 0 Å². The van der Waals surface area contributed by atoms with Crippen molar-refractivity contribution in [3.05, 3.63) is 147 Å². The van der Waals surface area contributed by atoms with Gasteiger partial charge in [0.1, 0.15) is 32.5 Å². The van der Waals surface area contributed by atoms with Crippen LogP contribution in [-0.2, 0) is 43.7 Å². The monoisotopic (exact) mass is 1080 g/mol. The van der Waals surface area contributed by atoms with E-state index in [1.54, 1.807) is 45.0 Å². The maximum Gasteiger partial charge on any atom is 0.344 e. The fourth-order valence-electron chi connectivity index (χ4n) is 5.94. The molecule has 368 valence electrons. The number of nitrogens with two attached hydrogens (primary N) is 1. The minimum atomic E-state index is -4.09. The predicted octanol–water partition coefficient (Wildman–Crippen LogP) is 12.3. The van der Waals surface area contributed by atoms with Crippen LogP contribution in [0.5, 0.6) is 23.0 Å². The lowest BCUT2D eigenvalue weighted by atomic mass is 10.0. The molecule has 6 aromatic rings. The van der Waals surface area contributed by atoms with Gasteiger partial charge in [-0.05, 0) is 112 Å². The van der Waals surface area contributed by atoms with Crippen molar-refractivity contribution in [1.29, 1.82) is 0 Å². The number of benzene rings is 6. The van der Waals surface area contributed by atoms with Gasteiger partial charge in [-0.15, -0.1) is 0 Å². The third-order valence-electron chi connectivity index (χ3n) is 8.75. The lowest BCUT2D eigenvalue weighted by molar-refractivity contribution is -0.158. The summed E-state index contributed by atoms with van der Waals surface area (Å²) in [5.41, 5.74) is 9.27. The molecule has 0 saturated carbocycles. The molecule has 6 rings (SSSR count). The lowest BCUT2D eigenvalue weighted by Gasteiger charge is -2.20. The molecular weight excluding hydrogens is 1040 g/mol. The third kappa shape index (κ3) is 17.8. The summed E-state index contributed by atoms with van der Waals surface area (Å²) in [4.78, 5) is 22.9. The Hall–Kier alpha value is -5.39. The molecule has 0 radical (unpaired) electrons. The minimum Gasteiger partial charge on any atom is -0.505 e. The molecule has 20 heteroatoms. The average molecular weight is 1080 g/mol. The molecule has 69 heavy (non-hydrogen) atoms. The van der Waals surface area contributed by atoms with Gasteiger partial charge in [0, 0.05) is 26.3 Å². The Labute approximate surface area is 425 Å². The second-order valence-corrected chi connectivity index (χ2v) is 22.9. The van der Waals surface area contributed by atoms with Gasteiger partial charge < -0.3 is 34.9 Å². The van der Waals surface area contributed by atoms with Gasteiger partial charge in [0.2, 0.25) is 0 Å². The SMILES string of the molecule is CC(C)(C)OC(=O)COc1ccc(-c2ccccc2)cc1CS(=O)(=O)c1cc(Cl)cc(Cl)c1O.CC(C)(C)OC(=O)COc1ccc(-c2ccccc2)cc1N.O=S(=O)(Cl)c1cc(Cl)cc(Cl)c1O. The first-order valence-electron chi connectivity index (χ1n) is 20.4. The Morgan fingerprint density at radius 3 is 1.39 bits per heavy atom. The van der Waals surface area contributed by atoms with Crippen molar-refractivity contribution in [2.24, 2.45) is 0 Å². The summed E-state index contributed by atoms with van der Waals surface area (Å²) in [5.74, 6) is -2.04.